The quantitative estimate of drug-likeness (QED) is 0.432. The summed E-state index contributed by atoms with van der Waals surface area (Å²) in [4.78, 5) is 0. The summed E-state index contributed by atoms with van der Waals surface area (Å²) in [5, 5.41) is 15.5. The molecule has 0 aliphatic heterocycles. The van der Waals surface area contributed by atoms with Crippen molar-refractivity contribution in [1.29, 1.82) is 0 Å². The number of aromatic nitrogens is 2. The van der Waals surface area contributed by atoms with Gasteiger partial charge < -0.3 is 15.4 Å². The van der Waals surface area contributed by atoms with E-state index in [1.165, 1.54) is 5.56 Å². The zero-order valence-corrected chi connectivity index (χ0v) is 16.4. The van der Waals surface area contributed by atoms with Gasteiger partial charge in [0.2, 0.25) is 0 Å². The monoisotopic (exact) mass is 382 g/mol. The van der Waals surface area contributed by atoms with E-state index in [0.717, 1.165) is 34.1 Å². The maximum Gasteiger partial charge on any atom is 0.153 e. The highest BCUT2D eigenvalue weighted by Gasteiger charge is 2.06. The summed E-state index contributed by atoms with van der Waals surface area (Å²) in [7, 11) is 1.65. The molecule has 4 rings (SSSR count). The molecule has 5 nitrogen and oxygen atoms in total. The topological polar surface area (TPSA) is 59.1 Å². The predicted molar refractivity (Wildman–Crippen MR) is 118 cm³/mol. The van der Waals surface area contributed by atoms with Gasteiger partial charge in [0.05, 0.1) is 24.2 Å². The first-order valence-corrected chi connectivity index (χ1v) is 9.39. The molecule has 29 heavy (non-hydrogen) atoms. The first kappa shape index (κ1) is 18.5. The second-order valence-electron chi connectivity index (χ2n) is 6.69. The Labute approximate surface area is 170 Å². The second kappa shape index (κ2) is 8.44. The molecule has 0 aliphatic rings. The average molecular weight is 382 g/mol. The van der Waals surface area contributed by atoms with Crippen LogP contribution in [0.3, 0.4) is 0 Å². The molecule has 5 heteroatoms. The van der Waals surface area contributed by atoms with Gasteiger partial charge in [0.25, 0.3) is 0 Å². The molecule has 0 unspecified atom stereocenters. The van der Waals surface area contributed by atoms with E-state index in [4.69, 9.17) is 4.74 Å². The average Bonchev–Trinajstić information content (AvgIpc) is 2.77. The number of ether oxygens (including phenoxy) is 1. The van der Waals surface area contributed by atoms with Crippen molar-refractivity contribution in [2.24, 2.45) is 0 Å². The Morgan fingerprint density at radius 3 is 2.00 bits per heavy atom. The first-order chi connectivity index (χ1) is 14.2. The third-order valence-corrected chi connectivity index (χ3v) is 4.57. The minimum absolute atomic E-state index is 0.681. The second-order valence-corrected chi connectivity index (χ2v) is 6.69. The number of nitrogens with one attached hydrogen (secondary N) is 2. The summed E-state index contributed by atoms with van der Waals surface area (Å²) in [5.41, 5.74) is 5.97. The van der Waals surface area contributed by atoms with Crippen LogP contribution in [-0.4, -0.2) is 17.3 Å². The van der Waals surface area contributed by atoms with Gasteiger partial charge in [-0.3, -0.25) is 0 Å². The Morgan fingerprint density at radius 2 is 1.38 bits per heavy atom. The van der Waals surface area contributed by atoms with E-state index in [9.17, 15) is 0 Å². The normalized spacial score (nSPS) is 10.4. The fraction of sp³-hybridized carbons (Fsp3) is 0.0833. The van der Waals surface area contributed by atoms with Crippen LogP contribution in [0.4, 0.5) is 22.9 Å². The van der Waals surface area contributed by atoms with Crippen molar-refractivity contribution in [2.45, 2.75) is 6.92 Å². The molecular weight excluding hydrogens is 360 g/mol. The van der Waals surface area contributed by atoms with E-state index in [-0.39, 0.29) is 0 Å². The van der Waals surface area contributed by atoms with Crippen molar-refractivity contribution in [2.75, 3.05) is 17.7 Å². The van der Waals surface area contributed by atoms with Crippen LogP contribution in [0.15, 0.2) is 84.9 Å². The smallest absolute Gasteiger partial charge is 0.153 e. The number of methoxy groups -OCH3 is 1. The standard InChI is InChI=1S/C24H22N4O/c1-17-7-11-19(12-8-17)25-22-5-3-4-6-23(22)26-24-16-15-21(27-28-24)18-9-13-20(29-2)14-10-18/h3-16,25H,1-2H3,(H,26,28). The van der Waals surface area contributed by atoms with Crippen molar-refractivity contribution in [1.82, 2.24) is 10.2 Å². The van der Waals surface area contributed by atoms with Crippen molar-refractivity contribution >= 4 is 22.9 Å². The lowest BCUT2D eigenvalue weighted by Crippen LogP contribution is -2.00. The summed E-state index contributed by atoms with van der Waals surface area (Å²) in [5.74, 6) is 1.50. The van der Waals surface area contributed by atoms with E-state index in [0.29, 0.717) is 5.82 Å². The highest BCUT2D eigenvalue weighted by molar-refractivity contribution is 5.77. The summed E-state index contributed by atoms with van der Waals surface area (Å²) >= 11 is 0. The van der Waals surface area contributed by atoms with Gasteiger partial charge in [0.1, 0.15) is 5.75 Å². The molecule has 1 heterocycles. The lowest BCUT2D eigenvalue weighted by Gasteiger charge is -2.13. The Morgan fingerprint density at radius 1 is 0.690 bits per heavy atom. The maximum atomic E-state index is 5.20. The number of hydrogen-bond acceptors (Lipinski definition) is 5. The zero-order valence-electron chi connectivity index (χ0n) is 16.4. The third-order valence-electron chi connectivity index (χ3n) is 4.57. The molecule has 0 saturated carbocycles. The molecule has 0 radical (unpaired) electrons. The van der Waals surface area contributed by atoms with Crippen molar-refractivity contribution in [3.8, 4) is 17.0 Å². The van der Waals surface area contributed by atoms with E-state index < -0.39 is 0 Å². The lowest BCUT2D eigenvalue weighted by atomic mass is 10.1. The highest BCUT2D eigenvalue weighted by atomic mass is 16.5. The van der Waals surface area contributed by atoms with E-state index >= 15 is 0 Å². The molecular formula is C24H22N4O. The fourth-order valence-electron chi connectivity index (χ4n) is 2.95. The number of anilines is 4. The highest BCUT2D eigenvalue weighted by Crippen LogP contribution is 2.28. The SMILES string of the molecule is COc1ccc(-c2ccc(Nc3ccccc3Nc3ccc(C)cc3)nn2)cc1. The molecule has 0 amide bonds. The number of benzene rings is 3. The lowest BCUT2D eigenvalue weighted by molar-refractivity contribution is 0.415. The van der Waals surface area contributed by atoms with Gasteiger partial charge in [-0.2, -0.15) is 0 Å². The van der Waals surface area contributed by atoms with Crippen molar-refractivity contribution in [3.63, 3.8) is 0 Å². The molecule has 0 spiro atoms. The number of hydrogen-bond donors (Lipinski definition) is 2. The Kier molecular flexibility index (Phi) is 5.38. The summed E-state index contributed by atoms with van der Waals surface area (Å²) < 4.78 is 5.20. The van der Waals surface area contributed by atoms with E-state index in [1.54, 1.807) is 7.11 Å². The molecule has 144 valence electrons. The Bertz CT molecular complexity index is 1080. The molecule has 1 aromatic heterocycles. The van der Waals surface area contributed by atoms with Crippen molar-refractivity contribution in [3.05, 3.63) is 90.5 Å². The molecule has 0 saturated heterocycles. The molecule has 0 fully saturated rings. The van der Waals surface area contributed by atoms with Crippen LogP contribution in [0.1, 0.15) is 5.56 Å². The van der Waals surface area contributed by atoms with Crippen molar-refractivity contribution < 1.29 is 4.74 Å². The number of rotatable bonds is 6. The van der Waals surface area contributed by atoms with Gasteiger partial charge in [-0.05, 0) is 67.6 Å². The van der Waals surface area contributed by atoms with Gasteiger partial charge in [0.15, 0.2) is 5.82 Å². The van der Waals surface area contributed by atoms with Gasteiger partial charge >= 0.3 is 0 Å². The minimum Gasteiger partial charge on any atom is -0.497 e. The molecule has 0 atom stereocenters. The zero-order chi connectivity index (χ0) is 20.1. The molecule has 4 aromatic rings. The predicted octanol–water partition coefficient (Wildman–Crippen LogP) is 5.95. The van der Waals surface area contributed by atoms with Crippen LogP contribution in [0, 0.1) is 6.92 Å². The maximum absolute atomic E-state index is 5.20. The third kappa shape index (κ3) is 4.52. The summed E-state index contributed by atoms with van der Waals surface area (Å²) in [6, 6.07) is 28.0. The fourth-order valence-corrected chi connectivity index (χ4v) is 2.95. The van der Waals surface area contributed by atoms with E-state index in [2.05, 4.69) is 52.0 Å². The van der Waals surface area contributed by atoms with Gasteiger partial charge in [0, 0.05) is 11.3 Å². The van der Waals surface area contributed by atoms with Gasteiger partial charge in [-0.1, -0.05) is 29.8 Å². The number of para-hydroxylation sites is 2. The minimum atomic E-state index is 0.681. The van der Waals surface area contributed by atoms with Crippen LogP contribution >= 0.6 is 0 Å². The van der Waals surface area contributed by atoms with Crippen LogP contribution in [0.25, 0.3) is 11.3 Å². The van der Waals surface area contributed by atoms with Gasteiger partial charge in [-0.15, -0.1) is 10.2 Å². The Hall–Kier alpha value is -3.86. The summed E-state index contributed by atoms with van der Waals surface area (Å²) in [6.45, 7) is 2.08. The summed E-state index contributed by atoms with van der Waals surface area (Å²) in [6.07, 6.45) is 0. The largest absolute Gasteiger partial charge is 0.497 e. The molecule has 0 aliphatic carbocycles. The molecule has 3 aromatic carbocycles. The van der Waals surface area contributed by atoms with Crippen LogP contribution < -0.4 is 15.4 Å². The Balaban J connectivity index is 1.51. The number of aryl methyl sites for hydroxylation is 1. The number of nitrogens with zero attached hydrogens (tertiary/aromatic N) is 2. The molecule has 0 bridgehead atoms. The van der Waals surface area contributed by atoms with Gasteiger partial charge in [-0.25, -0.2) is 0 Å². The van der Waals surface area contributed by atoms with Crippen LogP contribution in [-0.2, 0) is 0 Å². The van der Waals surface area contributed by atoms with Crippen LogP contribution in [0.5, 0.6) is 5.75 Å². The van der Waals surface area contributed by atoms with Crippen LogP contribution in [0.2, 0.25) is 0 Å². The first-order valence-electron chi connectivity index (χ1n) is 9.39. The molecule has 2 N–H and O–H groups in total. The van der Waals surface area contributed by atoms with E-state index in [1.807, 2.05) is 60.7 Å².